The van der Waals surface area contributed by atoms with Crippen LogP contribution in [0.1, 0.15) is 17.5 Å². The van der Waals surface area contributed by atoms with Crippen molar-refractivity contribution in [3.8, 4) is 6.07 Å². The highest BCUT2D eigenvalue weighted by atomic mass is 19.1. The number of amides is 1. The smallest absolute Gasteiger partial charge is 0.225 e. The van der Waals surface area contributed by atoms with E-state index in [0.29, 0.717) is 18.5 Å². The molecule has 1 heterocycles. The van der Waals surface area contributed by atoms with Gasteiger partial charge in [0.15, 0.2) is 0 Å². The number of para-hydroxylation sites is 1. The third kappa shape index (κ3) is 5.61. The number of anilines is 1. The molecule has 1 aliphatic heterocycles. The lowest BCUT2D eigenvalue weighted by Crippen LogP contribution is -2.46. The normalized spacial score (nSPS) is 15.3. The van der Waals surface area contributed by atoms with E-state index in [-0.39, 0.29) is 11.6 Å². The summed E-state index contributed by atoms with van der Waals surface area (Å²) in [5.74, 6) is -0.581. The van der Waals surface area contributed by atoms with Gasteiger partial charge in [-0.1, -0.05) is 24.3 Å². The Balaban J connectivity index is 1.38. The number of hydrogen-bond donors (Lipinski definition) is 1. The highest BCUT2D eigenvalue weighted by Gasteiger charge is 2.18. The van der Waals surface area contributed by atoms with Crippen LogP contribution in [0.3, 0.4) is 0 Å². The van der Waals surface area contributed by atoms with Gasteiger partial charge in [-0.05, 0) is 29.8 Å². The molecule has 1 N–H and O–H groups in total. The minimum absolute atomic E-state index is 0.167. The molecule has 0 bridgehead atoms. The molecule has 6 heteroatoms. The Morgan fingerprint density at radius 1 is 1.04 bits per heavy atom. The van der Waals surface area contributed by atoms with Crippen molar-refractivity contribution in [3.63, 3.8) is 0 Å². The second-order valence-corrected chi connectivity index (χ2v) is 6.70. The fraction of sp³-hybridized carbons (Fsp3) is 0.333. The quantitative estimate of drug-likeness (QED) is 0.854. The number of hydrogen-bond acceptors (Lipinski definition) is 4. The predicted octanol–water partition coefficient (Wildman–Crippen LogP) is 2.84. The largest absolute Gasteiger partial charge is 0.324 e. The number of halogens is 1. The number of benzene rings is 2. The second-order valence-electron chi connectivity index (χ2n) is 6.70. The van der Waals surface area contributed by atoms with E-state index in [1.165, 1.54) is 11.6 Å². The van der Waals surface area contributed by atoms with Gasteiger partial charge in [0.2, 0.25) is 5.91 Å². The maximum atomic E-state index is 13.6. The lowest BCUT2D eigenvalue weighted by atomic mass is 10.1. The van der Waals surface area contributed by atoms with Crippen LogP contribution in [0.4, 0.5) is 10.1 Å². The van der Waals surface area contributed by atoms with Crippen LogP contribution < -0.4 is 5.32 Å². The molecule has 2 aromatic carbocycles. The van der Waals surface area contributed by atoms with Gasteiger partial charge in [-0.2, -0.15) is 5.26 Å². The summed E-state index contributed by atoms with van der Waals surface area (Å²) in [5.41, 5.74) is 2.11. The first-order valence-electron chi connectivity index (χ1n) is 9.12. The van der Waals surface area contributed by atoms with E-state index in [1.807, 2.05) is 24.3 Å². The van der Waals surface area contributed by atoms with Crippen molar-refractivity contribution in [2.45, 2.75) is 13.0 Å². The molecule has 0 aliphatic carbocycles. The van der Waals surface area contributed by atoms with Crippen molar-refractivity contribution in [1.29, 1.82) is 5.26 Å². The molecule has 0 unspecified atom stereocenters. The van der Waals surface area contributed by atoms with E-state index in [4.69, 9.17) is 5.26 Å². The van der Waals surface area contributed by atoms with Gasteiger partial charge >= 0.3 is 0 Å². The van der Waals surface area contributed by atoms with Crippen LogP contribution in [0.2, 0.25) is 0 Å². The Bertz CT molecular complexity index is 808. The summed E-state index contributed by atoms with van der Waals surface area (Å²) in [6.45, 7) is 5.23. The Morgan fingerprint density at radius 3 is 2.37 bits per heavy atom. The molecule has 1 aliphatic rings. The lowest BCUT2D eigenvalue weighted by molar-refractivity contribution is -0.116. The van der Waals surface area contributed by atoms with E-state index in [9.17, 15) is 9.18 Å². The van der Waals surface area contributed by atoms with Crippen LogP contribution in [-0.2, 0) is 11.3 Å². The molecule has 3 rings (SSSR count). The molecular formula is C21H23FN4O. The SMILES string of the molecule is N#Cc1ccc(CN2CCN(CCC(=O)Nc3ccccc3F)CC2)cc1. The van der Waals surface area contributed by atoms with Crippen molar-refractivity contribution in [1.82, 2.24) is 9.80 Å². The first-order chi connectivity index (χ1) is 13.1. The minimum Gasteiger partial charge on any atom is -0.324 e. The monoisotopic (exact) mass is 366 g/mol. The molecular weight excluding hydrogens is 343 g/mol. The average Bonchev–Trinajstić information content (AvgIpc) is 2.70. The Labute approximate surface area is 159 Å². The van der Waals surface area contributed by atoms with Crippen LogP contribution in [0, 0.1) is 17.1 Å². The summed E-state index contributed by atoms with van der Waals surface area (Å²) < 4.78 is 13.6. The van der Waals surface area contributed by atoms with Crippen LogP contribution in [0.15, 0.2) is 48.5 Å². The van der Waals surface area contributed by atoms with Crippen LogP contribution >= 0.6 is 0 Å². The lowest BCUT2D eigenvalue weighted by Gasteiger charge is -2.34. The van der Waals surface area contributed by atoms with Gasteiger partial charge < -0.3 is 10.2 Å². The van der Waals surface area contributed by atoms with E-state index in [2.05, 4.69) is 21.2 Å². The molecule has 1 fully saturated rings. The molecule has 0 aromatic heterocycles. The number of nitrogens with one attached hydrogen (secondary N) is 1. The number of piperazine rings is 1. The summed E-state index contributed by atoms with van der Waals surface area (Å²) in [6.07, 6.45) is 0.351. The third-order valence-electron chi connectivity index (χ3n) is 4.76. The van der Waals surface area contributed by atoms with Gasteiger partial charge in [-0.3, -0.25) is 9.69 Å². The topological polar surface area (TPSA) is 59.4 Å². The summed E-state index contributed by atoms with van der Waals surface area (Å²) in [7, 11) is 0. The number of nitriles is 1. The first-order valence-corrected chi connectivity index (χ1v) is 9.12. The molecule has 0 radical (unpaired) electrons. The molecule has 1 amide bonds. The summed E-state index contributed by atoms with van der Waals surface area (Å²) >= 11 is 0. The van der Waals surface area contributed by atoms with Gasteiger partial charge in [-0.15, -0.1) is 0 Å². The number of carbonyl (C=O) groups excluding carboxylic acids is 1. The van der Waals surface area contributed by atoms with Gasteiger partial charge in [0.05, 0.1) is 17.3 Å². The fourth-order valence-corrected chi connectivity index (χ4v) is 3.15. The Kier molecular flexibility index (Phi) is 6.53. The van der Waals surface area contributed by atoms with Crippen molar-refractivity contribution < 1.29 is 9.18 Å². The average molecular weight is 366 g/mol. The Hall–Kier alpha value is -2.75. The number of nitrogens with zero attached hydrogens (tertiary/aromatic N) is 3. The van der Waals surface area contributed by atoms with Crippen molar-refractivity contribution >= 4 is 11.6 Å². The molecule has 0 spiro atoms. The van der Waals surface area contributed by atoms with Crippen molar-refractivity contribution in [2.75, 3.05) is 38.0 Å². The Morgan fingerprint density at radius 2 is 1.70 bits per heavy atom. The summed E-state index contributed by atoms with van der Waals surface area (Å²) in [5, 5.41) is 11.5. The summed E-state index contributed by atoms with van der Waals surface area (Å²) in [4.78, 5) is 16.7. The zero-order valence-electron chi connectivity index (χ0n) is 15.2. The van der Waals surface area contributed by atoms with Crippen molar-refractivity contribution in [2.24, 2.45) is 0 Å². The minimum atomic E-state index is -0.415. The van der Waals surface area contributed by atoms with E-state index in [0.717, 1.165) is 32.7 Å². The highest BCUT2D eigenvalue weighted by Crippen LogP contribution is 2.13. The van der Waals surface area contributed by atoms with E-state index in [1.54, 1.807) is 18.2 Å². The van der Waals surface area contributed by atoms with Crippen LogP contribution in [0.5, 0.6) is 0 Å². The maximum Gasteiger partial charge on any atom is 0.225 e. The number of rotatable bonds is 6. The standard InChI is InChI=1S/C21H23FN4O/c22-19-3-1-2-4-20(19)24-21(27)9-10-25-11-13-26(14-12-25)16-18-7-5-17(15-23)6-8-18/h1-8H,9-14,16H2,(H,24,27). The molecule has 140 valence electrons. The maximum absolute atomic E-state index is 13.6. The zero-order valence-corrected chi connectivity index (χ0v) is 15.2. The van der Waals surface area contributed by atoms with Crippen LogP contribution in [0.25, 0.3) is 0 Å². The van der Waals surface area contributed by atoms with E-state index >= 15 is 0 Å². The summed E-state index contributed by atoms with van der Waals surface area (Å²) in [6, 6.07) is 16.0. The molecule has 1 saturated heterocycles. The molecule has 5 nitrogen and oxygen atoms in total. The van der Waals surface area contributed by atoms with E-state index < -0.39 is 5.82 Å². The second kappa shape index (κ2) is 9.26. The molecule has 0 atom stereocenters. The van der Waals surface area contributed by atoms with Gasteiger partial charge in [0, 0.05) is 45.7 Å². The van der Waals surface area contributed by atoms with Gasteiger partial charge in [-0.25, -0.2) is 4.39 Å². The fourth-order valence-electron chi connectivity index (χ4n) is 3.15. The van der Waals surface area contributed by atoms with Gasteiger partial charge in [0.25, 0.3) is 0 Å². The third-order valence-corrected chi connectivity index (χ3v) is 4.76. The van der Waals surface area contributed by atoms with Crippen molar-refractivity contribution in [3.05, 3.63) is 65.5 Å². The highest BCUT2D eigenvalue weighted by molar-refractivity contribution is 5.90. The zero-order chi connectivity index (χ0) is 19.1. The molecule has 27 heavy (non-hydrogen) atoms. The molecule has 2 aromatic rings. The molecule has 0 saturated carbocycles. The first kappa shape index (κ1) is 19.0. The van der Waals surface area contributed by atoms with Gasteiger partial charge in [0.1, 0.15) is 5.82 Å². The number of carbonyl (C=O) groups is 1. The predicted molar refractivity (Wildman–Crippen MR) is 103 cm³/mol. The van der Waals surface area contributed by atoms with Crippen LogP contribution in [-0.4, -0.2) is 48.4 Å².